The van der Waals surface area contributed by atoms with E-state index in [2.05, 4.69) is 10.1 Å². The van der Waals surface area contributed by atoms with E-state index in [1.807, 2.05) is 13.8 Å². The van der Waals surface area contributed by atoms with Crippen LogP contribution >= 0.6 is 0 Å². The number of halogens is 3. The number of aromatic amines is 1. The number of hydrogen-bond acceptors (Lipinski definition) is 2. The van der Waals surface area contributed by atoms with Crippen LogP contribution in [0, 0.1) is 5.92 Å². The van der Waals surface area contributed by atoms with Crippen LogP contribution in [0.5, 0.6) is 0 Å². The summed E-state index contributed by atoms with van der Waals surface area (Å²) >= 11 is 0. The molecule has 0 saturated heterocycles. The topological polar surface area (TPSA) is 50.7 Å². The van der Waals surface area contributed by atoms with Crippen LogP contribution in [-0.2, 0) is 12.6 Å². The van der Waals surface area contributed by atoms with Crippen molar-refractivity contribution in [2.75, 3.05) is 0 Å². The van der Waals surface area contributed by atoms with Crippen LogP contribution in [0.25, 0.3) is 5.82 Å². The monoisotopic (exact) mass is 285 g/mol. The highest BCUT2D eigenvalue weighted by atomic mass is 19.4. The highest BCUT2D eigenvalue weighted by Gasteiger charge is 2.30. The van der Waals surface area contributed by atoms with Crippen molar-refractivity contribution >= 4 is 0 Å². The second-order valence-corrected chi connectivity index (χ2v) is 4.96. The van der Waals surface area contributed by atoms with E-state index in [-0.39, 0.29) is 11.4 Å². The summed E-state index contributed by atoms with van der Waals surface area (Å²) in [6, 6.07) is 3.50. The molecule has 2 aromatic heterocycles. The van der Waals surface area contributed by atoms with Crippen molar-refractivity contribution in [1.82, 2.24) is 14.8 Å². The highest BCUT2D eigenvalue weighted by molar-refractivity contribution is 5.26. The Hall–Kier alpha value is -2.05. The van der Waals surface area contributed by atoms with Gasteiger partial charge < -0.3 is 0 Å². The van der Waals surface area contributed by atoms with Gasteiger partial charge in [0.05, 0.1) is 5.56 Å². The number of rotatable bonds is 3. The molecule has 2 heterocycles. The molecular weight excluding hydrogens is 271 g/mol. The van der Waals surface area contributed by atoms with E-state index in [0.717, 1.165) is 16.4 Å². The molecule has 0 bridgehead atoms. The van der Waals surface area contributed by atoms with Crippen LogP contribution in [0.1, 0.15) is 25.1 Å². The van der Waals surface area contributed by atoms with Gasteiger partial charge in [-0.1, -0.05) is 13.8 Å². The molecule has 0 atom stereocenters. The van der Waals surface area contributed by atoms with Gasteiger partial charge in [0.1, 0.15) is 0 Å². The van der Waals surface area contributed by atoms with E-state index in [9.17, 15) is 18.0 Å². The van der Waals surface area contributed by atoms with Crippen LogP contribution in [0.15, 0.2) is 29.2 Å². The summed E-state index contributed by atoms with van der Waals surface area (Å²) in [6.45, 7) is 4.01. The van der Waals surface area contributed by atoms with Gasteiger partial charge in [-0.2, -0.15) is 13.2 Å². The first-order chi connectivity index (χ1) is 9.27. The normalized spacial score (nSPS) is 12.1. The molecule has 4 nitrogen and oxygen atoms in total. The molecule has 0 aromatic carbocycles. The van der Waals surface area contributed by atoms with Gasteiger partial charge in [0.15, 0.2) is 5.82 Å². The maximum Gasteiger partial charge on any atom is 0.417 e. The van der Waals surface area contributed by atoms with Crippen molar-refractivity contribution in [3.05, 3.63) is 46.0 Å². The Balaban J connectivity index is 2.32. The first-order valence-electron chi connectivity index (χ1n) is 6.12. The Morgan fingerprint density at radius 3 is 2.55 bits per heavy atom. The Labute approximate surface area is 113 Å². The van der Waals surface area contributed by atoms with Crippen molar-refractivity contribution in [2.45, 2.75) is 26.4 Å². The number of nitrogens with one attached hydrogen (secondary N) is 1. The molecule has 0 aliphatic heterocycles. The minimum atomic E-state index is -4.44. The van der Waals surface area contributed by atoms with Crippen LogP contribution in [0.4, 0.5) is 13.2 Å². The lowest BCUT2D eigenvalue weighted by Crippen LogP contribution is -2.15. The molecule has 0 spiro atoms. The lowest BCUT2D eigenvalue weighted by molar-refractivity contribution is -0.137. The van der Waals surface area contributed by atoms with E-state index in [1.165, 1.54) is 12.1 Å². The number of nitrogens with zero attached hydrogens (tertiary/aromatic N) is 2. The summed E-state index contributed by atoms with van der Waals surface area (Å²) in [5.74, 6) is 0.500. The first kappa shape index (κ1) is 14.4. The molecule has 108 valence electrons. The van der Waals surface area contributed by atoms with Crippen LogP contribution in [0.3, 0.4) is 0 Å². The number of alkyl halides is 3. The first-order valence-corrected chi connectivity index (χ1v) is 6.12. The van der Waals surface area contributed by atoms with Crippen LogP contribution in [0.2, 0.25) is 0 Å². The molecule has 0 unspecified atom stereocenters. The molecule has 0 aliphatic carbocycles. The fourth-order valence-electron chi connectivity index (χ4n) is 1.85. The second kappa shape index (κ2) is 5.15. The van der Waals surface area contributed by atoms with Crippen LogP contribution in [-0.4, -0.2) is 14.8 Å². The fourth-order valence-corrected chi connectivity index (χ4v) is 1.85. The predicted molar refractivity (Wildman–Crippen MR) is 67.7 cm³/mol. The number of pyridine rings is 1. The van der Waals surface area contributed by atoms with Gasteiger partial charge in [0.25, 0.3) is 5.56 Å². The van der Waals surface area contributed by atoms with Crippen LogP contribution < -0.4 is 5.56 Å². The van der Waals surface area contributed by atoms with Gasteiger partial charge in [-0.25, -0.2) is 9.67 Å². The third-order valence-electron chi connectivity index (χ3n) is 2.71. The average molecular weight is 285 g/mol. The van der Waals surface area contributed by atoms with Gasteiger partial charge >= 0.3 is 6.18 Å². The summed E-state index contributed by atoms with van der Waals surface area (Å²) in [5.41, 5.74) is -0.456. The Kier molecular flexibility index (Phi) is 3.69. The number of aromatic nitrogens is 3. The van der Waals surface area contributed by atoms with Gasteiger partial charge in [-0.3, -0.25) is 9.89 Å². The molecular formula is C13H14F3N3O. The van der Waals surface area contributed by atoms with Crippen molar-refractivity contribution in [1.29, 1.82) is 0 Å². The van der Waals surface area contributed by atoms with E-state index in [0.29, 0.717) is 18.5 Å². The average Bonchev–Trinajstić information content (AvgIpc) is 2.68. The lowest BCUT2D eigenvalue weighted by Gasteiger charge is -2.07. The van der Waals surface area contributed by atoms with E-state index in [4.69, 9.17) is 0 Å². The molecule has 7 heteroatoms. The Bertz CT molecular complexity index is 638. The molecule has 0 saturated carbocycles. The van der Waals surface area contributed by atoms with Crippen molar-refractivity contribution in [3.8, 4) is 5.82 Å². The molecule has 2 rings (SSSR count). The molecule has 1 N–H and O–H groups in total. The van der Waals surface area contributed by atoms with Gasteiger partial charge in [0, 0.05) is 18.0 Å². The maximum absolute atomic E-state index is 12.4. The molecule has 20 heavy (non-hydrogen) atoms. The largest absolute Gasteiger partial charge is 0.417 e. The van der Waals surface area contributed by atoms with Gasteiger partial charge in [-0.05, 0) is 24.5 Å². The van der Waals surface area contributed by atoms with E-state index in [1.54, 1.807) is 0 Å². The smallest absolute Gasteiger partial charge is 0.294 e. The zero-order valence-corrected chi connectivity index (χ0v) is 11.0. The standard InChI is InChI=1S/C13H14F3N3O/c1-8(2)5-10-6-12(20)19(18-10)11-4-3-9(7-17-11)13(14,15)16/h3-4,6-8,18H,5H2,1-2H3. The molecule has 0 amide bonds. The zero-order valence-electron chi connectivity index (χ0n) is 11.0. The number of hydrogen-bond donors (Lipinski definition) is 1. The third-order valence-corrected chi connectivity index (χ3v) is 2.71. The highest BCUT2D eigenvalue weighted by Crippen LogP contribution is 2.28. The zero-order chi connectivity index (χ0) is 14.9. The summed E-state index contributed by atoms with van der Waals surface area (Å²) < 4.78 is 38.4. The SMILES string of the molecule is CC(C)Cc1cc(=O)n(-c2ccc(C(F)(F)F)cn2)[nH]1. The summed E-state index contributed by atoms with van der Waals surface area (Å²) in [6.07, 6.45) is -3.04. The van der Waals surface area contributed by atoms with E-state index < -0.39 is 11.7 Å². The Morgan fingerprint density at radius 2 is 2.05 bits per heavy atom. The molecule has 0 aliphatic rings. The summed E-state index contributed by atoms with van der Waals surface area (Å²) in [5, 5.41) is 2.85. The lowest BCUT2D eigenvalue weighted by atomic mass is 10.1. The summed E-state index contributed by atoms with van der Waals surface area (Å²) in [4.78, 5) is 15.5. The quantitative estimate of drug-likeness (QED) is 0.942. The van der Waals surface area contributed by atoms with Gasteiger partial charge in [0.2, 0.25) is 0 Å². The fraction of sp³-hybridized carbons (Fsp3) is 0.385. The second-order valence-electron chi connectivity index (χ2n) is 4.96. The summed E-state index contributed by atoms with van der Waals surface area (Å²) in [7, 11) is 0. The predicted octanol–water partition coefficient (Wildman–Crippen LogP) is 2.78. The maximum atomic E-state index is 12.4. The van der Waals surface area contributed by atoms with Crippen molar-refractivity contribution < 1.29 is 13.2 Å². The molecule has 2 aromatic rings. The minimum Gasteiger partial charge on any atom is -0.294 e. The van der Waals surface area contributed by atoms with Gasteiger partial charge in [-0.15, -0.1) is 0 Å². The molecule has 0 fully saturated rings. The van der Waals surface area contributed by atoms with Crippen molar-refractivity contribution in [3.63, 3.8) is 0 Å². The third kappa shape index (κ3) is 3.09. The minimum absolute atomic E-state index is 0.137. The Morgan fingerprint density at radius 1 is 1.35 bits per heavy atom. The number of H-pyrrole nitrogens is 1. The molecule has 0 radical (unpaired) electrons. The van der Waals surface area contributed by atoms with E-state index >= 15 is 0 Å². The van der Waals surface area contributed by atoms with Crippen molar-refractivity contribution in [2.24, 2.45) is 5.92 Å².